The minimum Gasteiger partial charge on any atom is -0.465 e. The van der Waals surface area contributed by atoms with Crippen molar-refractivity contribution >= 4 is 46.6 Å². The first kappa shape index (κ1) is 19.9. The summed E-state index contributed by atoms with van der Waals surface area (Å²) in [6.45, 7) is 0. The number of anilines is 2. The Hall–Kier alpha value is -2.45. The predicted octanol–water partition coefficient (Wildman–Crippen LogP) is 5.44. The third-order valence-electron chi connectivity index (χ3n) is 3.20. The molecule has 5 nitrogen and oxygen atoms in total. The summed E-state index contributed by atoms with van der Waals surface area (Å²) in [6, 6.07) is 5.79. The Morgan fingerprint density at radius 1 is 1.04 bits per heavy atom. The number of methoxy groups -OCH3 is 1. The molecule has 2 N–H and O–H groups in total. The third kappa shape index (κ3) is 4.59. The Kier molecular flexibility index (Phi) is 5.99. The summed E-state index contributed by atoms with van der Waals surface area (Å²) < 4.78 is 43.2. The van der Waals surface area contributed by atoms with Gasteiger partial charge in [-0.05, 0) is 30.3 Å². The number of halogens is 5. The molecule has 0 saturated carbocycles. The molecule has 2 amide bonds. The van der Waals surface area contributed by atoms with Crippen LogP contribution in [0.25, 0.3) is 0 Å². The summed E-state index contributed by atoms with van der Waals surface area (Å²) in [5.41, 5.74) is -1.61. The Bertz CT molecular complexity index is 837. The molecule has 0 saturated heterocycles. The molecule has 0 aliphatic heterocycles. The fraction of sp³-hybridized carbons (Fsp3) is 0.125. The van der Waals surface area contributed by atoms with E-state index in [0.29, 0.717) is 12.1 Å². The van der Waals surface area contributed by atoms with Crippen LogP contribution in [0.5, 0.6) is 0 Å². The summed E-state index contributed by atoms with van der Waals surface area (Å²) in [5.74, 6) is -0.912. The van der Waals surface area contributed by atoms with E-state index in [-0.39, 0.29) is 27.0 Å². The molecule has 0 atom stereocenters. The maximum absolute atomic E-state index is 12.9. The number of nitrogens with one attached hydrogen (secondary N) is 2. The quantitative estimate of drug-likeness (QED) is 0.666. The molecule has 138 valence electrons. The van der Waals surface area contributed by atoms with Crippen LogP contribution in [-0.2, 0) is 10.9 Å². The average Bonchev–Trinajstić information content (AvgIpc) is 2.56. The van der Waals surface area contributed by atoms with E-state index < -0.39 is 23.7 Å². The van der Waals surface area contributed by atoms with Gasteiger partial charge >= 0.3 is 18.2 Å². The van der Waals surface area contributed by atoms with E-state index in [1.807, 2.05) is 0 Å². The highest BCUT2D eigenvalue weighted by atomic mass is 35.5. The van der Waals surface area contributed by atoms with Gasteiger partial charge < -0.3 is 15.4 Å². The summed E-state index contributed by atoms with van der Waals surface area (Å²) in [5, 5.41) is 4.75. The van der Waals surface area contributed by atoms with Gasteiger partial charge in [0.15, 0.2) is 0 Å². The van der Waals surface area contributed by atoms with E-state index >= 15 is 0 Å². The van der Waals surface area contributed by atoms with Gasteiger partial charge in [0.1, 0.15) is 0 Å². The summed E-state index contributed by atoms with van der Waals surface area (Å²) in [6.07, 6.45) is -4.66. The zero-order valence-corrected chi connectivity index (χ0v) is 14.6. The van der Waals surface area contributed by atoms with Crippen LogP contribution < -0.4 is 10.6 Å². The SMILES string of the molecule is COC(=O)c1ccc(C(F)(F)F)cc1NC(=O)Nc1c(Cl)cccc1Cl. The van der Waals surface area contributed by atoms with Gasteiger partial charge in [0.2, 0.25) is 0 Å². The van der Waals surface area contributed by atoms with E-state index in [2.05, 4.69) is 15.4 Å². The minimum atomic E-state index is -4.66. The van der Waals surface area contributed by atoms with E-state index in [0.717, 1.165) is 13.2 Å². The number of carbonyl (C=O) groups is 2. The zero-order valence-electron chi connectivity index (χ0n) is 13.1. The number of ether oxygens (including phenoxy) is 1. The monoisotopic (exact) mass is 406 g/mol. The molecule has 0 aliphatic carbocycles. The van der Waals surface area contributed by atoms with Gasteiger partial charge in [-0.15, -0.1) is 0 Å². The second-order valence-corrected chi connectivity index (χ2v) is 5.74. The number of hydrogen-bond donors (Lipinski definition) is 2. The standard InChI is InChI=1S/C16H11Cl2F3N2O3/c1-26-14(24)9-6-5-8(16(19,20)21)7-12(9)22-15(25)23-13-10(17)3-2-4-11(13)18/h2-7H,1H3,(H2,22,23,25). The Labute approximate surface area is 156 Å². The van der Waals surface area contributed by atoms with Crippen molar-refractivity contribution < 1.29 is 27.5 Å². The first-order valence-corrected chi connectivity index (χ1v) is 7.70. The lowest BCUT2D eigenvalue weighted by Crippen LogP contribution is -2.22. The Balaban J connectivity index is 2.34. The number of rotatable bonds is 3. The van der Waals surface area contributed by atoms with Gasteiger partial charge in [-0.1, -0.05) is 29.3 Å². The number of alkyl halides is 3. The number of carbonyl (C=O) groups excluding carboxylic acids is 2. The van der Waals surface area contributed by atoms with Gasteiger partial charge in [-0.3, -0.25) is 0 Å². The fourth-order valence-corrected chi connectivity index (χ4v) is 2.49. The van der Waals surface area contributed by atoms with Crippen LogP contribution in [0.3, 0.4) is 0 Å². The lowest BCUT2D eigenvalue weighted by Gasteiger charge is -2.15. The predicted molar refractivity (Wildman–Crippen MR) is 91.9 cm³/mol. The van der Waals surface area contributed by atoms with Crippen molar-refractivity contribution in [1.82, 2.24) is 0 Å². The molecule has 2 aromatic carbocycles. The van der Waals surface area contributed by atoms with Crippen LogP contribution in [0.1, 0.15) is 15.9 Å². The van der Waals surface area contributed by atoms with Crippen LogP contribution in [0.15, 0.2) is 36.4 Å². The molecule has 0 aromatic heterocycles. The molecular weight excluding hydrogens is 396 g/mol. The Morgan fingerprint density at radius 3 is 2.19 bits per heavy atom. The van der Waals surface area contributed by atoms with Gasteiger partial charge in [0.05, 0.1) is 39.7 Å². The van der Waals surface area contributed by atoms with Crippen molar-refractivity contribution in [3.8, 4) is 0 Å². The highest BCUT2D eigenvalue weighted by molar-refractivity contribution is 6.39. The van der Waals surface area contributed by atoms with Crippen molar-refractivity contribution in [1.29, 1.82) is 0 Å². The summed E-state index contributed by atoms with van der Waals surface area (Å²) in [7, 11) is 1.06. The van der Waals surface area contributed by atoms with E-state index in [1.165, 1.54) is 12.1 Å². The molecule has 0 spiro atoms. The maximum Gasteiger partial charge on any atom is 0.416 e. The first-order valence-electron chi connectivity index (χ1n) is 6.95. The number of hydrogen-bond acceptors (Lipinski definition) is 3. The number of benzene rings is 2. The summed E-state index contributed by atoms with van der Waals surface area (Å²) >= 11 is 11.8. The van der Waals surface area contributed by atoms with Crippen molar-refractivity contribution in [2.75, 3.05) is 17.7 Å². The lowest BCUT2D eigenvalue weighted by atomic mass is 10.1. The van der Waals surface area contributed by atoms with Crippen LogP contribution in [-0.4, -0.2) is 19.1 Å². The zero-order chi connectivity index (χ0) is 19.5. The average molecular weight is 407 g/mol. The second-order valence-electron chi connectivity index (χ2n) is 4.93. The number of esters is 1. The van der Waals surface area contributed by atoms with E-state index in [9.17, 15) is 22.8 Å². The van der Waals surface area contributed by atoms with Crippen molar-refractivity contribution in [3.63, 3.8) is 0 Å². The van der Waals surface area contributed by atoms with Crippen LogP contribution >= 0.6 is 23.2 Å². The Morgan fingerprint density at radius 2 is 1.65 bits per heavy atom. The fourth-order valence-electron chi connectivity index (χ4n) is 2.00. The molecule has 2 aromatic rings. The molecule has 2 rings (SSSR count). The molecule has 10 heteroatoms. The van der Waals surface area contributed by atoms with Crippen LogP contribution in [0.4, 0.5) is 29.3 Å². The molecule has 0 radical (unpaired) electrons. The number of para-hydroxylation sites is 1. The molecule has 0 fully saturated rings. The van der Waals surface area contributed by atoms with Crippen molar-refractivity contribution in [2.24, 2.45) is 0 Å². The molecule has 0 unspecified atom stereocenters. The lowest BCUT2D eigenvalue weighted by molar-refractivity contribution is -0.137. The largest absolute Gasteiger partial charge is 0.465 e. The first-order chi connectivity index (χ1) is 12.1. The highest BCUT2D eigenvalue weighted by Crippen LogP contribution is 2.33. The van der Waals surface area contributed by atoms with Gasteiger partial charge in [-0.2, -0.15) is 13.2 Å². The molecular formula is C16H11Cl2F3N2O3. The second kappa shape index (κ2) is 7.84. The minimum absolute atomic E-state index is 0.0694. The van der Waals surface area contributed by atoms with Crippen LogP contribution in [0.2, 0.25) is 10.0 Å². The van der Waals surface area contributed by atoms with Crippen molar-refractivity contribution in [2.45, 2.75) is 6.18 Å². The molecule has 0 bridgehead atoms. The van der Waals surface area contributed by atoms with E-state index in [1.54, 1.807) is 6.07 Å². The van der Waals surface area contributed by atoms with E-state index in [4.69, 9.17) is 23.2 Å². The molecule has 0 heterocycles. The van der Waals surface area contributed by atoms with Gasteiger partial charge in [-0.25, -0.2) is 9.59 Å². The normalized spacial score (nSPS) is 11.0. The topological polar surface area (TPSA) is 67.4 Å². The van der Waals surface area contributed by atoms with Gasteiger partial charge in [0, 0.05) is 0 Å². The number of amides is 2. The van der Waals surface area contributed by atoms with Crippen molar-refractivity contribution in [3.05, 3.63) is 57.6 Å². The maximum atomic E-state index is 12.9. The third-order valence-corrected chi connectivity index (χ3v) is 3.83. The number of urea groups is 1. The summed E-state index contributed by atoms with van der Waals surface area (Å²) in [4.78, 5) is 23.9. The smallest absolute Gasteiger partial charge is 0.416 e. The highest BCUT2D eigenvalue weighted by Gasteiger charge is 2.32. The van der Waals surface area contributed by atoms with Gasteiger partial charge in [0.25, 0.3) is 0 Å². The molecule has 0 aliphatic rings. The molecule has 26 heavy (non-hydrogen) atoms. The van der Waals surface area contributed by atoms with Crippen LogP contribution in [0, 0.1) is 0 Å².